The molecule has 2 N–H and O–H groups in total. The summed E-state index contributed by atoms with van der Waals surface area (Å²) in [5, 5.41) is 18.0. The summed E-state index contributed by atoms with van der Waals surface area (Å²) in [5.74, 6) is 0.749. The highest BCUT2D eigenvalue weighted by Crippen LogP contribution is 2.36. The van der Waals surface area contributed by atoms with Gasteiger partial charge in [-0.3, -0.25) is 0 Å². The van der Waals surface area contributed by atoms with E-state index in [1.165, 1.54) is 0 Å². The number of hydrogen-bond acceptors (Lipinski definition) is 5. The molecule has 0 aliphatic heterocycles. The summed E-state index contributed by atoms with van der Waals surface area (Å²) in [7, 11) is 1.66. The number of benzene rings is 3. The number of hydrogen-bond donors (Lipinski definition) is 2. The number of pyridine rings is 1. The summed E-state index contributed by atoms with van der Waals surface area (Å²) in [6.07, 6.45) is 1.81. The number of carboxylic acid groups (broad SMARTS) is 1. The summed E-state index contributed by atoms with van der Waals surface area (Å²) in [5.41, 5.74) is 3.61. The maximum Gasteiger partial charge on any atom is 0.335 e. The third kappa shape index (κ3) is 3.76. The maximum absolute atomic E-state index is 11.3. The second-order valence-corrected chi connectivity index (χ2v) is 8.37. The minimum absolute atomic E-state index is 0.304. The molecular formula is C26H20N2O3S. The highest BCUT2D eigenvalue weighted by atomic mass is 32.1. The van der Waals surface area contributed by atoms with Gasteiger partial charge in [0.2, 0.25) is 0 Å². The molecule has 0 radical (unpaired) electrons. The third-order valence-corrected chi connectivity index (χ3v) is 6.46. The molecule has 0 amide bonds. The van der Waals surface area contributed by atoms with Crippen LogP contribution in [0.2, 0.25) is 0 Å². The fourth-order valence-corrected chi connectivity index (χ4v) is 4.80. The number of aromatic carboxylic acids is 1. The number of aromatic nitrogens is 1. The molecule has 2 aromatic heterocycles. The molecule has 0 saturated carbocycles. The highest BCUT2D eigenvalue weighted by molar-refractivity contribution is 7.17. The van der Waals surface area contributed by atoms with E-state index < -0.39 is 5.97 Å². The van der Waals surface area contributed by atoms with Crippen LogP contribution in [-0.4, -0.2) is 23.2 Å². The van der Waals surface area contributed by atoms with E-state index in [-0.39, 0.29) is 0 Å². The zero-order valence-corrected chi connectivity index (χ0v) is 18.1. The molecule has 32 heavy (non-hydrogen) atoms. The smallest absolute Gasteiger partial charge is 0.335 e. The molecule has 0 aliphatic carbocycles. The van der Waals surface area contributed by atoms with Gasteiger partial charge in [0.25, 0.3) is 0 Å². The lowest BCUT2D eigenvalue weighted by Crippen LogP contribution is -2.02. The van der Waals surface area contributed by atoms with Gasteiger partial charge < -0.3 is 15.2 Å². The fourth-order valence-electron chi connectivity index (χ4n) is 3.79. The molecule has 0 aliphatic rings. The Hall–Kier alpha value is -3.90. The quantitative estimate of drug-likeness (QED) is 0.318. The van der Waals surface area contributed by atoms with E-state index in [2.05, 4.69) is 33.9 Å². The van der Waals surface area contributed by atoms with Crippen LogP contribution in [0.15, 0.2) is 78.3 Å². The number of fused-ring (bicyclic) bond motifs is 2. The molecule has 0 bridgehead atoms. The summed E-state index contributed by atoms with van der Waals surface area (Å²) < 4.78 is 6.19. The van der Waals surface area contributed by atoms with E-state index in [0.717, 1.165) is 49.1 Å². The number of carboxylic acids is 1. The minimum Gasteiger partial charge on any atom is -0.497 e. The van der Waals surface area contributed by atoms with E-state index in [9.17, 15) is 9.90 Å². The number of rotatable bonds is 6. The van der Waals surface area contributed by atoms with Crippen molar-refractivity contribution in [2.75, 3.05) is 12.4 Å². The second-order valence-electron chi connectivity index (χ2n) is 7.46. The van der Waals surface area contributed by atoms with Gasteiger partial charge >= 0.3 is 5.97 Å². The van der Waals surface area contributed by atoms with Gasteiger partial charge in [-0.05, 0) is 58.3 Å². The molecule has 5 aromatic rings. The number of carbonyl (C=O) groups is 1. The normalized spacial score (nSPS) is 11.0. The SMILES string of the molecule is COc1ccc(CNc2nccc3ccc(-c4csc5cc(C(=O)O)ccc45)cc23)cc1. The summed E-state index contributed by atoms with van der Waals surface area (Å²) in [6, 6.07) is 21.6. The van der Waals surface area contributed by atoms with Crippen molar-refractivity contribution in [1.82, 2.24) is 4.98 Å². The van der Waals surface area contributed by atoms with Crippen LogP contribution in [0, 0.1) is 0 Å². The number of ether oxygens (including phenoxy) is 1. The van der Waals surface area contributed by atoms with Crippen molar-refractivity contribution in [3.63, 3.8) is 0 Å². The third-order valence-electron chi connectivity index (χ3n) is 5.52. The van der Waals surface area contributed by atoms with Crippen molar-refractivity contribution in [1.29, 1.82) is 0 Å². The molecule has 5 rings (SSSR count). The molecule has 2 heterocycles. The fraction of sp³-hybridized carbons (Fsp3) is 0.0769. The second kappa shape index (κ2) is 8.32. The van der Waals surface area contributed by atoms with Gasteiger partial charge in [-0.2, -0.15) is 0 Å². The number of nitrogens with zero attached hydrogens (tertiary/aromatic N) is 1. The Labute approximate surface area is 188 Å². The average molecular weight is 441 g/mol. The van der Waals surface area contributed by atoms with Crippen LogP contribution in [-0.2, 0) is 6.54 Å². The lowest BCUT2D eigenvalue weighted by atomic mass is 10.0. The van der Waals surface area contributed by atoms with Crippen molar-refractivity contribution >= 4 is 44.0 Å². The highest BCUT2D eigenvalue weighted by Gasteiger charge is 2.12. The monoisotopic (exact) mass is 440 g/mol. The first kappa shape index (κ1) is 20.0. The lowest BCUT2D eigenvalue weighted by molar-refractivity contribution is 0.0697. The summed E-state index contributed by atoms with van der Waals surface area (Å²) in [6.45, 7) is 0.652. The molecule has 6 heteroatoms. The molecule has 0 fully saturated rings. The minimum atomic E-state index is -0.911. The van der Waals surface area contributed by atoms with Crippen molar-refractivity contribution in [2.45, 2.75) is 6.54 Å². The van der Waals surface area contributed by atoms with Crippen LogP contribution >= 0.6 is 11.3 Å². The van der Waals surface area contributed by atoms with E-state index in [1.807, 2.05) is 42.6 Å². The van der Waals surface area contributed by atoms with Crippen LogP contribution in [0.1, 0.15) is 15.9 Å². The Morgan fingerprint density at radius 2 is 1.88 bits per heavy atom. The van der Waals surface area contributed by atoms with Crippen LogP contribution in [0.5, 0.6) is 5.75 Å². The lowest BCUT2D eigenvalue weighted by Gasteiger charge is -2.11. The Kier molecular flexibility index (Phi) is 5.21. The first-order valence-electron chi connectivity index (χ1n) is 10.1. The van der Waals surface area contributed by atoms with Crippen molar-refractivity contribution in [2.24, 2.45) is 0 Å². The van der Waals surface area contributed by atoms with Crippen LogP contribution in [0.4, 0.5) is 5.82 Å². The zero-order chi connectivity index (χ0) is 22.1. The Bertz CT molecular complexity index is 1440. The zero-order valence-electron chi connectivity index (χ0n) is 17.3. The molecular weight excluding hydrogens is 420 g/mol. The first-order valence-corrected chi connectivity index (χ1v) is 11.0. The number of methoxy groups -OCH3 is 1. The van der Waals surface area contributed by atoms with E-state index in [1.54, 1.807) is 30.6 Å². The van der Waals surface area contributed by atoms with Crippen LogP contribution in [0.25, 0.3) is 32.0 Å². The Morgan fingerprint density at radius 1 is 1.03 bits per heavy atom. The maximum atomic E-state index is 11.3. The summed E-state index contributed by atoms with van der Waals surface area (Å²) >= 11 is 1.56. The predicted octanol–water partition coefficient (Wildman–Crippen LogP) is 6.44. The first-order chi connectivity index (χ1) is 15.6. The van der Waals surface area contributed by atoms with Gasteiger partial charge in [0, 0.05) is 33.8 Å². The Balaban J connectivity index is 1.49. The van der Waals surface area contributed by atoms with Gasteiger partial charge in [-0.15, -0.1) is 11.3 Å². The standard InChI is InChI=1S/C26H20N2O3S/c1-31-20-7-2-16(3-8-20)14-28-25-22-12-18(5-4-17(22)10-11-27-25)23-15-32-24-13-19(26(29)30)6-9-21(23)24/h2-13,15H,14H2,1H3,(H,27,28)(H,29,30). The van der Waals surface area contributed by atoms with E-state index >= 15 is 0 Å². The molecule has 0 unspecified atom stereocenters. The van der Waals surface area contributed by atoms with Gasteiger partial charge in [0.15, 0.2) is 0 Å². The molecule has 158 valence electrons. The molecule has 0 saturated heterocycles. The van der Waals surface area contributed by atoms with Crippen molar-refractivity contribution < 1.29 is 14.6 Å². The van der Waals surface area contributed by atoms with Crippen LogP contribution in [0.3, 0.4) is 0 Å². The van der Waals surface area contributed by atoms with Crippen molar-refractivity contribution in [3.05, 3.63) is 89.4 Å². The van der Waals surface area contributed by atoms with Gasteiger partial charge in [-0.1, -0.05) is 30.3 Å². The summed E-state index contributed by atoms with van der Waals surface area (Å²) in [4.78, 5) is 15.9. The van der Waals surface area contributed by atoms with Gasteiger partial charge in [0.1, 0.15) is 11.6 Å². The molecule has 3 aromatic carbocycles. The van der Waals surface area contributed by atoms with E-state index in [4.69, 9.17) is 4.74 Å². The molecule has 0 spiro atoms. The van der Waals surface area contributed by atoms with Gasteiger partial charge in [-0.25, -0.2) is 9.78 Å². The van der Waals surface area contributed by atoms with Crippen molar-refractivity contribution in [3.8, 4) is 16.9 Å². The largest absolute Gasteiger partial charge is 0.497 e. The number of anilines is 1. The Morgan fingerprint density at radius 3 is 2.66 bits per heavy atom. The molecule has 0 atom stereocenters. The molecule has 5 nitrogen and oxygen atoms in total. The number of thiophene rings is 1. The predicted molar refractivity (Wildman–Crippen MR) is 130 cm³/mol. The topological polar surface area (TPSA) is 71.5 Å². The number of nitrogens with one attached hydrogen (secondary N) is 1. The van der Waals surface area contributed by atoms with E-state index in [0.29, 0.717) is 12.1 Å². The van der Waals surface area contributed by atoms with Crippen LogP contribution < -0.4 is 10.1 Å². The average Bonchev–Trinajstić information content (AvgIpc) is 3.26. The van der Waals surface area contributed by atoms with Gasteiger partial charge in [0.05, 0.1) is 12.7 Å².